The molecule has 2 aromatic carbocycles. The van der Waals surface area contributed by atoms with Crippen molar-refractivity contribution in [3.05, 3.63) is 60.2 Å². The Labute approximate surface area is 125 Å². The molecule has 1 N–H and O–H groups in total. The Morgan fingerprint density at radius 3 is 2.62 bits per heavy atom. The van der Waals surface area contributed by atoms with Crippen LogP contribution in [0.5, 0.6) is 11.5 Å². The third kappa shape index (κ3) is 3.26. The molecule has 1 aliphatic rings. The van der Waals surface area contributed by atoms with Gasteiger partial charge >= 0.3 is 0 Å². The summed E-state index contributed by atoms with van der Waals surface area (Å²) in [6, 6.07) is 18.5. The summed E-state index contributed by atoms with van der Waals surface area (Å²) in [6.45, 7) is 1.98. The minimum absolute atomic E-state index is 0.207. The molecule has 0 aromatic heterocycles. The van der Waals surface area contributed by atoms with Crippen LogP contribution in [-0.2, 0) is 0 Å². The molecular weight excluding hydrogens is 262 g/mol. The van der Waals surface area contributed by atoms with Gasteiger partial charge < -0.3 is 9.84 Å². The predicted octanol–water partition coefficient (Wildman–Crippen LogP) is 3.61. The number of para-hydroxylation sites is 2. The Hall–Kier alpha value is -1.84. The van der Waals surface area contributed by atoms with Gasteiger partial charge in [-0.05, 0) is 37.6 Å². The van der Waals surface area contributed by atoms with Crippen LogP contribution in [0.1, 0.15) is 24.4 Å². The summed E-state index contributed by atoms with van der Waals surface area (Å²) in [6.07, 6.45) is 2.29. The van der Waals surface area contributed by atoms with Gasteiger partial charge in [-0.3, -0.25) is 4.90 Å². The molecule has 1 heterocycles. The summed E-state index contributed by atoms with van der Waals surface area (Å²) in [5, 5.41) is 9.22. The molecule has 1 unspecified atom stereocenters. The SMILES string of the molecule is OCCN1CCCC1c1ccccc1Oc1ccccc1. The van der Waals surface area contributed by atoms with Crippen molar-refractivity contribution >= 4 is 0 Å². The minimum atomic E-state index is 0.207. The lowest BCUT2D eigenvalue weighted by atomic mass is 10.0. The Balaban J connectivity index is 1.85. The molecule has 0 saturated carbocycles. The first kappa shape index (κ1) is 14.1. The normalized spacial score (nSPS) is 18.8. The molecule has 3 rings (SSSR count). The van der Waals surface area contributed by atoms with E-state index in [1.165, 1.54) is 12.0 Å². The lowest BCUT2D eigenvalue weighted by Crippen LogP contribution is -2.26. The lowest BCUT2D eigenvalue weighted by Gasteiger charge is -2.25. The lowest BCUT2D eigenvalue weighted by molar-refractivity contribution is 0.184. The van der Waals surface area contributed by atoms with Gasteiger partial charge in [-0.25, -0.2) is 0 Å². The largest absolute Gasteiger partial charge is 0.457 e. The Kier molecular flexibility index (Phi) is 4.53. The number of hydrogen-bond acceptors (Lipinski definition) is 3. The quantitative estimate of drug-likeness (QED) is 0.910. The number of benzene rings is 2. The topological polar surface area (TPSA) is 32.7 Å². The van der Waals surface area contributed by atoms with Crippen LogP contribution >= 0.6 is 0 Å². The van der Waals surface area contributed by atoms with E-state index in [1.807, 2.05) is 42.5 Å². The molecular formula is C18H21NO2. The second kappa shape index (κ2) is 6.74. The fraction of sp³-hybridized carbons (Fsp3) is 0.333. The van der Waals surface area contributed by atoms with Gasteiger partial charge in [0, 0.05) is 18.2 Å². The van der Waals surface area contributed by atoms with Crippen molar-refractivity contribution in [1.29, 1.82) is 0 Å². The van der Waals surface area contributed by atoms with E-state index >= 15 is 0 Å². The van der Waals surface area contributed by atoms with E-state index in [2.05, 4.69) is 17.0 Å². The van der Waals surface area contributed by atoms with Gasteiger partial charge in [-0.15, -0.1) is 0 Å². The average molecular weight is 283 g/mol. The van der Waals surface area contributed by atoms with E-state index in [-0.39, 0.29) is 6.61 Å². The van der Waals surface area contributed by atoms with Crippen molar-refractivity contribution in [1.82, 2.24) is 4.90 Å². The summed E-state index contributed by atoms with van der Waals surface area (Å²) >= 11 is 0. The van der Waals surface area contributed by atoms with Gasteiger partial charge in [0.1, 0.15) is 11.5 Å². The molecule has 2 aromatic rings. The molecule has 3 nitrogen and oxygen atoms in total. The zero-order valence-electron chi connectivity index (χ0n) is 12.1. The van der Waals surface area contributed by atoms with E-state index < -0.39 is 0 Å². The maximum Gasteiger partial charge on any atom is 0.132 e. The van der Waals surface area contributed by atoms with Crippen LogP contribution in [0, 0.1) is 0 Å². The molecule has 0 spiro atoms. The number of ether oxygens (including phenoxy) is 1. The smallest absolute Gasteiger partial charge is 0.132 e. The molecule has 21 heavy (non-hydrogen) atoms. The van der Waals surface area contributed by atoms with Gasteiger partial charge in [0.25, 0.3) is 0 Å². The number of aliphatic hydroxyl groups excluding tert-OH is 1. The van der Waals surface area contributed by atoms with Crippen molar-refractivity contribution in [2.75, 3.05) is 19.7 Å². The molecule has 3 heteroatoms. The van der Waals surface area contributed by atoms with Gasteiger partial charge in [0.2, 0.25) is 0 Å². The van der Waals surface area contributed by atoms with Gasteiger partial charge in [0.05, 0.1) is 6.61 Å². The Morgan fingerprint density at radius 2 is 1.81 bits per heavy atom. The second-order valence-electron chi connectivity index (χ2n) is 5.37. The Morgan fingerprint density at radius 1 is 1.05 bits per heavy atom. The van der Waals surface area contributed by atoms with E-state index in [0.717, 1.165) is 31.0 Å². The number of likely N-dealkylation sites (tertiary alicyclic amines) is 1. The molecule has 1 aliphatic heterocycles. The second-order valence-corrected chi connectivity index (χ2v) is 5.37. The molecule has 0 aliphatic carbocycles. The van der Waals surface area contributed by atoms with Crippen LogP contribution in [0.15, 0.2) is 54.6 Å². The molecule has 110 valence electrons. The minimum Gasteiger partial charge on any atom is -0.457 e. The number of rotatable bonds is 5. The zero-order valence-corrected chi connectivity index (χ0v) is 12.1. The van der Waals surface area contributed by atoms with Gasteiger partial charge in [-0.1, -0.05) is 36.4 Å². The van der Waals surface area contributed by atoms with Crippen molar-refractivity contribution in [2.45, 2.75) is 18.9 Å². The van der Waals surface area contributed by atoms with Crippen LogP contribution in [0.25, 0.3) is 0 Å². The van der Waals surface area contributed by atoms with Crippen LogP contribution in [0.2, 0.25) is 0 Å². The first-order valence-corrected chi connectivity index (χ1v) is 7.55. The first-order chi connectivity index (χ1) is 10.4. The molecule has 1 fully saturated rings. The number of aliphatic hydroxyl groups is 1. The molecule has 1 saturated heterocycles. The van der Waals surface area contributed by atoms with Crippen molar-refractivity contribution in [3.63, 3.8) is 0 Å². The summed E-state index contributed by atoms with van der Waals surface area (Å²) in [5.41, 5.74) is 1.22. The number of hydrogen-bond donors (Lipinski definition) is 1. The highest BCUT2D eigenvalue weighted by atomic mass is 16.5. The third-order valence-corrected chi connectivity index (χ3v) is 4.00. The molecule has 0 bridgehead atoms. The summed E-state index contributed by atoms with van der Waals surface area (Å²) in [5.74, 6) is 1.77. The average Bonchev–Trinajstić information content (AvgIpc) is 2.97. The fourth-order valence-corrected chi connectivity index (χ4v) is 3.04. The maximum absolute atomic E-state index is 9.22. The number of nitrogens with zero attached hydrogens (tertiary/aromatic N) is 1. The van der Waals surface area contributed by atoms with E-state index in [9.17, 15) is 5.11 Å². The van der Waals surface area contributed by atoms with Crippen LogP contribution in [0.3, 0.4) is 0 Å². The maximum atomic E-state index is 9.22. The molecule has 1 atom stereocenters. The van der Waals surface area contributed by atoms with Crippen molar-refractivity contribution in [2.24, 2.45) is 0 Å². The first-order valence-electron chi connectivity index (χ1n) is 7.55. The summed E-state index contributed by atoms with van der Waals surface area (Å²) < 4.78 is 6.06. The van der Waals surface area contributed by atoms with Crippen LogP contribution in [-0.4, -0.2) is 29.7 Å². The van der Waals surface area contributed by atoms with Crippen molar-refractivity contribution < 1.29 is 9.84 Å². The number of β-amino-alcohol motifs (C(OH)–C–C–N with tert-alkyl or cyclic N) is 1. The highest BCUT2D eigenvalue weighted by Crippen LogP contribution is 2.38. The zero-order chi connectivity index (χ0) is 14.5. The van der Waals surface area contributed by atoms with Crippen LogP contribution in [0.4, 0.5) is 0 Å². The van der Waals surface area contributed by atoms with Crippen LogP contribution < -0.4 is 4.74 Å². The van der Waals surface area contributed by atoms with E-state index in [1.54, 1.807) is 0 Å². The third-order valence-electron chi connectivity index (χ3n) is 4.00. The summed E-state index contributed by atoms with van der Waals surface area (Å²) in [4.78, 5) is 2.34. The van der Waals surface area contributed by atoms with E-state index in [4.69, 9.17) is 4.74 Å². The molecule has 0 amide bonds. The van der Waals surface area contributed by atoms with Gasteiger partial charge in [-0.2, -0.15) is 0 Å². The highest BCUT2D eigenvalue weighted by Gasteiger charge is 2.27. The standard InChI is InChI=1S/C18H21NO2/c20-14-13-19-12-6-10-17(19)16-9-4-5-11-18(16)21-15-7-2-1-3-8-15/h1-5,7-9,11,17,20H,6,10,12-14H2. The molecule has 0 radical (unpaired) electrons. The highest BCUT2D eigenvalue weighted by molar-refractivity contribution is 5.40. The Bertz CT molecular complexity index is 570. The summed E-state index contributed by atoms with van der Waals surface area (Å²) in [7, 11) is 0. The monoisotopic (exact) mass is 283 g/mol. The fourth-order valence-electron chi connectivity index (χ4n) is 3.04. The van der Waals surface area contributed by atoms with Crippen molar-refractivity contribution in [3.8, 4) is 11.5 Å². The van der Waals surface area contributed by atoms with Gasteiger partial charge in [0.15, 0.2) is 0 Å². The van der Waals surface area contributed by atoms with E-state index in [0.29, 0.717) is 6.04 Å². The predicted molar refractivity (Wildman–Crippen MR) is 83.6 cm³/mol.